The monoisotopic (exact) mass is 289 g/mol. The van der Waals surface area contributed by atoms with E-state index in [2.05, 4.69) is 5.32 Å². The number of anilines is 1. The standard InChI is InChI=1S/C16H13ClFNO/c17-14-6-5-11(18)8-13(14)16(20)7-10-9-19-15-4-2-1-3-12(10)15/h1-6,8,10,19H,7,9H2. The topological polar surface area (TPSA) is 29.1 Å². The second-order valence-electron chi connectivity index (χ2n) is 4.92. The van der Waals surface area contributed by atoms with Crippen LogP contribution in [0, 0.1) is 5.82 Å². The molecule has 0 radical (unpaired) electrons. The number of halogens is 2. The molecule has 1 N–H and O–H groups in total. The van der Waals surface area contributed by atoms with Crippen molar-refractivity contribution in [1.29, 1.82) is 0 Å². The summed E-state index contributed by atoms with van der Waals surface area (Å²) in [5.41, 5.74) is 2.46. The molecule has 0 aromatic heterocycles. The van der Waals surface area contributed by atoms with E-state index >= 15 is 0 Å². The lowest BCUT2D eigenvalue weighted by Gasteiger charge is -2.10. The largest absolute Gasteiger partial charge is 0.384 e. The Kier molecular flexibility index (Phi) is 3.45. The fourth-order valence-corrected chi connectivity index (χ4v) is 2.81. The highest BCUT2D eigenvalue weighted by molar-refractivity contribution is 6.34. The van der Waals surface area contributed by atoms with Gasteiger partial charge in [0.15, 0.2) is 5.78 Å². The quantitative estimate of drug-likeness (QED) is 0.855. The number of carbonyl (C=O) groups excluding carboxylic acids is 1. The van der Waals surface area contributed by atoms with E-state index in [0.717, 1.165) is 17.8 Å². The van der Waals surface area contributed by atoms with Gasteiger partial charge in [-0.15, -0.1) is 0 Å². The van der Waals surface area contributed by atoms with Crippen LogP contribution in [0.15, 0.2) is 42.5 Å². The molecule has 0 fully saturated rings. The number of ketones is 1. The minimum absolute atomic E-state index is 0.109. The molecule has 1 heterocycles. The van der Waals surface area contributed by atoms with Gasteiger partial charge in [-0.05, 0) is 29.8 Å². The van der Waals surface area contributed by atoms with Crippen LogP contribution < -0.4 is 5.32 Å². The number of fused-ring (bicyclic) bond motifs is 1. The molecule has 1 unspecified atom stereocenters. The van der Waals surface area contributed by atoms with Gasteiger partial charge in [0.05, 0.1) is 5.02 Å². The number of rotatable bonds is 3. The first-order valence-electron chi connectivity index (χ1n) is 6.46. The molecule has 2 aromatic rings. The maximum Gasteiger partial charge on any atom is 0.165 e. The fourth-order valence-electron chi connectivity index (χ4n) is 2.58. The van der Waals surface area contributed by atoms with Gasteiger partial charge >= 0.3 is 0 Å². The maximum absolute atomic E-state index is 13.2. The molecule has 102 valence electrons. The van der Waals surface area contributed by atoms with Crippen LogP contribution in [-0.2, 0) is 0 Å². The van der Waals surface area contributed by atoms with Crippen molar-refractivity contribution in [1.82, 2.24) is 0 Å². The smallest absolute Gasteiger partial charge is 0.165 e. The Balaban J connectivity index is 1.82. The Morgan fingerprint density at radius 1 is 1.30 bits per heavy atom. The average Bonchev–Trinajstić information content (AvgIpc) is 2.85. The minimum atomic E-state index is -0.442. The molecule has 1 aliphatic rings. The second-order valence-corrected chi connectivity index (χ2v) is 5.32. The number of hydrogen-bond acceptors (Lipinski definition) is 2. The van der Waals surface area contributed by atoms with Gasteiger partial charge in [0, 0.05) is 30.1 Å². The third-order valence-corrected chi connectivity index (χ3v) is 3.93. The van der Waals surface area contributed by atoms with Gasteiger partial charge in [-0.3, -0.25) is 4.79 Å². The summed E-state index contributed by atoms with van der Waals surface area (Å²) in [6.07, 6.45) is 0.327. The highest BCUT2D eigenvalue weighted by Crippen LogP contribution is 2.34. The zero-order valence-electron chi connectivity index (χ0n) is 10.7. The summed E-state index contributed by atoms with van der Waals surface area (Å²) in [6.45, 7) is 0.720. The lowest BCUT2D eigenvalue weighted by molar-refractivity contribution is 0.0975. The molecule has 2 nitrogen and oxygen atoms in total. The van der Waals surface area contributed by atoms with E-state index in [4.69, 9.17) is 11.6 Å². The summed E-state index contributed by atoms with van der Waals surface area (Å²) in [5.74, 6) is -0.460. The molecule has 4 heteroatoms. The Labute approximate surface area is 121 Å². The molecule has 0 bridgehead atoms. The minimum Gasteiger partial charge on any atom is -0.384 e. The van der Waals surface area contributed by atoms with Crippen molar-refractivity contribution in [3.63, 3.8) is 0 Å². The van der Waals surface area contributed by atoms with Crippen LogP contribution >= 0.6 is 11.6 Å². The molecular weight excluding hydrogens is 277 g/mol. The summed E-state index contributed by atoms with van der Waals surface area (Å²) < 4.78 is 13.2. The Bertz CT molecular complexity index is 671. The van der Waals surface area contributed by atoms with Crippen LogP contribution in [0.25, 0.3) is 0 Å². The van der Waals surface area contributed by atoms with Gasteiger partial charge < -0.3 is 5.32 Å². The molecule has 20 heavy (non-hydrogen) atoms. The van der Waals surface area contributed by atoms with Crippen LogP contribution in [0.5, 0.6) is 0 Å². The molecule has 0 saturated carbocycles. The van der Waals surface area contributed by atoms with Crippen LogP contribution in [0.2, 0.25) is 5.02 Å². The van der Waals surface area contributed by atoms with E-state index in [1.165, 1.54) is 18.2 Å². The molecular formula is C16H13ClFNO. The van der Waals surface area contributed by atoms with Gasteiger partial charge in [-0.1, -0.05) is 29.8 Å². The maximum atomic E-state index is 13.2. The van der Waals surface area contributed by atoms with E-state index in [0.29, 0.717) is 11.4 Å². The number of para-hydroxylation sites is 1. The first-order valence-corrected chi connectivity index (χ1v) is 6.84. The molecule has 2 aromatic carbocycles. The Morgan fingerprint density at radius 2 is 2.10 bits per heavy atom. The second kappa shape index (κ2) is 5.25. The van der Waals surface area contributed by atoms with E-state index < -0.39 is 5.82 Å². The first kappa shape index (κ1) is 13.1. The molecule has 1 atom stereocenters. The number of hydrogen-bond donors (Lipinski definition) is 1. The lowest BCUT2D eigenvalue weighted by atomic mass is 9.93. The highest BCUT2D eigenvalue weighted by Gasteiger charge is 2.25. The summed E-state index contributed by atoms with van der Waals surface area (Å²) in [6, 6.07) is 11.8. The summed E-state index contributed by atoms with van der Waals surface area (Å²) in [5, 5.41) is 3.58. The number of Topliss-reactive ketones (excluding diaryl/α,β-unsaturated/α-hetero) is 1. The SMILES string of the molecule is O=C(CC1CNc2ccccc21)c1cc(F)ccc1Cl. The zero-order chi connectivity index (χ0) is 14.1. The summed E-state index contributed by atoms with van der Waals surface area (Å²) in [7, 11) is 0. The van der Waals surface area contributed by atoms with Crippen molar-refractivity contribution in [2.75, 3.05) is 11.9 Å². The van der Waals surface area contributed by atoms with Gasteiger partial charge in [0.1, 0.15) is 5.82 Å². The van der Waals surface area contributed by atoms with Crippen molar-refractivity contribution >= 4 is 23.1 Å². The third kappa shape index (κ3) is 2.41. The Hall–Kier alpha value is -1.87. The molecule has 0 spiro atoms. The summed E-state index contributed by atoms with van der Waals surface area (Å²) >= 11 is 5.97. The molecule has 0 saturated heterocycles. The average molecular weight is 290 g/mol. The van der Waals surface area contributed by atoms with Crippen LogP contribution in [0.1, 0.15) is 28.3 Å². The number of benzene rings is 2. The molecule has 1 aliphatic heterocycles. The normalized spacial score (nSPS) is 16.6. The lowest BCUT2D eigenvalue weighted by Crippen LogP contribution is -2.10. The van der Waals surface area contributed by atoms with Crippen molar-refractivity contribution in [2.24, 2.45) is 0 Å². The van der Waals surface area contributed by atoms with Crippen molar-refractivity contribution in [3.05, 3.63) is 64.4 Å². The van der Waals surface area contributed by atoms with Crippen LogP contribution in [0.3, 0.4) is 0 Å². The van der Waals surface area contributed by atoms with Crippen molar-refractivity contribution in [3.8, 4) is 0 Å². The van der Waals surface area contributed by atoms with E-state index in [1.807, 2.05) is 24.3 Å². The number of nitrogens with one attached hydrogen (secondary N) is 1. The predicted octanol–water partition coefficient (Wildman–Crippen LogP) is 4.26. The van der Waals surface area contributed by atoms with E-state index in [9.17, 15) is 9.18 Å². The number of carbonyl (C=O) groups is 1. The zero-order valence-corrected chi connectivity index (χ0v) is 11.5. The van der Waals surface area contributed by atoms with Crippen molar-refractivity contribution < 1.29 is 9.18 Å². The van der Waals surface area contributed by atoms with E-state index in [-0.39, 0.29) is 17.3 Å². The Morgan fingerprint density at radius 3 is 2.95 bits per heavy atom. The van der Waals surface area contributed by atoms with Gasteiger partial charge in [-0.2, -0.15) is 0 Å². The van der Waals surface area contributed by atoms with Crippen LogP contribution in [0.4, 0.5) is 10.1 Å². The molecule has 0 amide bonds. The van der Waals surface area contributed by atoms with Gasteiger partial charge in [0.25, 0.3) is 0 Å². The first-order chi connectivity index (χ1) is 9.65. The van der Waals surface area contributed by atoms with E-state index in [1.54, 1.807) is 0 Å². The van der Waals surface area contributed by atoms with Gasteiger partial charge in [-0.25, -0.2) is 4.39 Å². The van der Waals surface area contributed by atoms with Gasteiger partial charge in [0.2, 0.25) is 0 Å². The fraction of sp³-hybridized carbons (Fsp3) is 0.188. The van der Waals surface area contributed by atoms with Crippen molar-refractivity contribution in [2.45, 2.75) is 12.3 Å². The van der Waals surface area contributed by atoms with Crippen LogP contribution in [-0.4, -0.2) is 12.3 Å². The third-order valence-electron chi connectivity index (χ3n) is 3.60. The summed E-state index contributed by atoms with van der Waals surface area (Å²) in [4.78, 5) is 12.3. The predicted molar refractivity (Wildman–Crippen MR) is 78.0 cm³/mol. The molecule has 0 aliphatic carbocycles. The highest BCUT2D eigenvalue weighted by atomic mass is 35.5. The molecule has 3 rings (SSSR count).